The number of hydrogen-bond donors (Lipinski definition) is 0. The standard InChI is InChI=1S/C22H30N2OS/c1-5-24(13-10-16-8-11-23-12-9-16)21(25)19-15-26-20-14-17(22(2,3)4)6-7-18(19)20/h8-9,11-12,15,17H,5-7,10,13-14H2,1-4H3. The van der Waals surface area contributed by atoms with Crippen LogP contribution in [0, 0.1) is 11.3 Å². The van der Waals surface area contributed by atoms with Crippen LogP contribution in [0.15, 0.2) is 29.9 Å². The number of rotatable bonds is 5. The zero-order valence-electron chi connectivity index (χ0n) is 16.4. The number of fused-ring (bicyclic) bond motifs is 1. The number of likely N-dealkylation sites (N-methyl/N-ethyl adjacent to an activating group) is 1. The van der Waals surface area contributed by atoms with Crippen LogP contribution >= 0.6 is 11.3 Å². The van der Waals surface area contributed by atoms with Crippen LogP contribution in [0.2, 0.25) is 0 Å². The highest BCUT2D eigenvalue weighted by Crippen LogP contribution is 2.40. The van der Waals surface area contributed by atoms with E-state index in [1.807, 2.05) is 29.4 Å². The molecule has 0 radical (unpaired) electrons. The minimum atomic E-state index is 0.202. The summed E-state index contributed by atoms with van der Waals surface area (Å²) in [6.45, 7) is 10.6. The van der Waals surface area contributed by atoms with Crippen molar-refractivity contribution in [3.05, 3.63) is 51.5 Å². The predicted octanol–water partition coefficient (Wildman–Crippen LogP) is 5.00. The lowest BCUT2D eigenvalue weighted by molar-refractivity contribution is 0.0765. The Balaban J connectivity index is 1.70. The highest BCUT2D eigenvalue weighted by molar-refractivity contribution is 7.10. The molecule has 26 heavy (non-hydrogen) atoms. The number of carbonyl (C=O) groups is 1. The fraction of sp³-hybridized carbons (Fsp3) is 0.545. The van der Waals surface area contributed by atoms with E-state index in [1.54, 1.807) is 11.3 Å². The van der Waals surface area contributed by atoms with Crippen LogP contribution in [-0.2, 0) is 19.3 Å². The Morgan fingerprint density at radius 2 is 2.04 bits per heavy atom. The largest absolute Gasteiger partial charge is 0.339 e. The molecule has 2 heterocycles. The first-order valence-electron chi connectivity index (χ1n) is 9.67. The van der Waals surface area contributed by atoms with E-state index in [1.165, 1.54) is 22.4 Å². The Bertz CT molecular complexity index is 745. The minimum Gasteiger partial charge on any atom is -0.339 e. The fourth-order valence-electron chi connectivity index (χ4n) is 3.82. The maximum atomic E-state index is 13.1. The normalized spacial score (nSPS) is 17.0. The van der Waals surface area contributed by atoms with Crippen molar-refractivity contribution in [1.29, 1.82) is 0 Å². The second-order valence-electron chi connectivity index (χ2n) is 8.35. The fourth-order valence-corrected chi connectivity index (χ4v) is 4.97. The Morgan fingerprint density at radius 1 is 1.31 bits per heavy atom. The predicted molar refractivity (Wildman–Crippen MR) is 109 cm³/mol. The van der Waals surface area contributed by atoms with Gasteiger partial charge < -0.3 is 4.90 Å². The van der Waals surface area contributed by atoms with Gasteiger partial charge >= 0.3 is 0 Å². The van der Waals surface area contributed by atoms with Gasteiger partial charge in [-0.05, 0) is 67.2 Å². The Morgan fingerprint density at radius 3 is 2.69 bits per heavy atom. The number of amides is 1. The molecule has 0 saturated heterocycles. The molecule has 2 aromatic rings. The summed E-state index contributed by atoms with van der Waals surface area (Å²) in [5.74, 6) is 0.916. The molecule has 0 fully saturated rings. The van der Waals surface area contributed by atoms with Crippen molar-refractivity contribution in [3.8, 4) is 0 Å². The average Bonchev–Trinajstić information content (AvgIpc) is 3.05. The van der Waals surface area contributed by atoms with Gasteiger partial charge in [-0.1, -0.05) is 20.8 Å². The van der Waals surface area contributed by atoms with Crippen LogP contribution in [0.4, 0.5) is 0 Å². The monoisotopic (exact) mass is 370 g/mol. The van der Waals surface area contributed by atoms with Gasteiger partial charge in [-0.2, -0.15) is 0 Å². The SMILES string of the molecule is CCN(CCc1ccncc1)C(=O)c1csc2c1CCC(C(C)(C)C)C2. The molecule has 0 aliphatic heterocycles. The first kappa shape index (κ1) is 19.1. The number of nitrogens with zero attached hydrogens (tertiary/aromatic N) is 2. The molecule has 3 rings (SSSR count). The van der Waals surface area contributed by atoms with Crippen molar-refractivity contribution in [2.45, 2.75) is 53.4 Å². The molecular weight excluding hydrogens is 340 g/mol. The third kappa shape index (κ3) is 4.17. The van der Waals surface area contributed by atoms with Crippen LogP contribution < -0.4 is 0 Å². The molecule has 3 nitrogen and oxygen atoms in total. The van der Waals surface area contributed by atoms with E-state index in [9.17, 15) is 4.79 Å². The quantitative estimate of drug-likeness (QED) is 0.742. The van der Waals surface area contributed by atoms with Gasteiger partial charge in [0.25, 0.3) is 5.91 Å². The molecule has 2 aromatic heterocycles. The smallest absolute Gasteiger partial charge is 0.254 e. The topological polar surface area (TPSA) is 33.2 Å². The minimum absolute atomic E-state index is 0.202. The van der Waals surface area contributed by atoms with Gasteiger partial charge in [0.05, 0.1) is 5.56 Å². The lowest BCUT2D eigenvalue weighted by atomic mass is 9.72. The van der Waals surface area contributed by atoms with E-state index >= 15 is 0 Å². The summed E-state index contributed by atoms with van der Waals surface area (Å²) in [6.07, 6.45) is 7.86. The van der Waals surface area contributed by atoms with Crippen LogP contribution in [0.1, 0.15) is 60.5 Å². The van der Waals surface area contributed by atoms with Gasteiger partial charge in [0.15, 0.2) is 0 Å². The molecule has 4 heteroatoms. The highest BCUT2D eigenvalue weighted by atomic mass is 32.1. The van der Waals surface area contributed by atoms with Crippen LogP contribution in [0.25, 0.3) is 0 Å². The van der Waals surface area contributed by atoms with Crippen molar-refractivity contribution in [1.82, 2.24) is 9.88 Å². The number of pyridine rings is 1. The van der Waals surface area contributed by atoms with E-state index in [0.29, 0.717) is 11.3 Å². The van der Waals surface area contributed by atoms with Gasteiger partial charge in [-0.15, -0.1) is 11.3 Å². The lowest BCUT2D eigenvalue weighted by Gasteiger charge is -2.34. The molecule has 0 aromatic carbocycles. The molecular formula is C22H30N2OS. The van der Waals surface area contributed by atoms with Crippen molar-refractivity contribution in [2.75, 3.05) is 13.1 Å². The number of thiophene rings is 1. The summed E-state index contributed by atoms with van der Waals surface area (Å²) in [6, 6.07) is 4.05. The Labute approximate surface area is 161 Å². The second kappa shape index (κ2) is 7.91. The van der Waals surface area contributed by atoms with E-state index < -0.39 is 0 Å². The number of carbonyl (C=O) groups excluding carboxylic acids is 1. The molecule has 0 N–H and O–H groups in total. The van der Waals surface area contributed by atoms with Gasteiger partial charge in [0, 0.05) is 35.7 Å². The highest BCUT2D eigenvalue weighted by Gasteiger charge is 2.32. The maximum Gasteiger partial charge on any atom is 0.254 e. The van der Waals surface area contributed by atoms with Gasteiger partial charge in [-0.3, -0.25) is 9.78 Å². The lowest BCUT2D eigenvalue weighted by Crippen LogP contribution is -2.33. The summed E-state index contributed by atoms with van der Waals surface area (Å²) < 4.78 is 0. The van der Waals surface area contributed by atoms with Crippen LogP contribution in [0.5, 0.6) is 0 Å². The summed E-state index contributed by atoms with van der Waals surface area (Å²) in [5, 5.41) is 2.10. The molecule has 1 amide bonds. The molecule has 1 atom stereocenters. The van der Waals surface area contributed by atoms with Crippen LogP contribution in [0.3, 0.4) is 0 Å². The molecule has 140 valence electrons. The van der Waals surface area contributed by atoms with Crippen molar-refractivity contribution < 1.29 is 4.79 Å². The molecule has 1 aliphatic carbocycles. The average molecular weight is 371 g/mol. The van der Waals surface area contributed by atoms with Gasteiger partial charge in [0.1, 0.15) is 0 Å². The van der Waals surface area contributed by atoms with E-state index in [2.05, 4.69) is 38.1 Å². The molecule has 1 aliphatic rings. The zero-order chi connectivity index (χ0) is 18.7. The summed E-state index contributed by atoms with van der Waals surface area (Å²) in [5.41, 5.74) is 3.84. The first-order valence-corrected chi connectivity index (χ1v) is 10.6. The number of hydrogen-bond acceptors (Lipinski definition) is 3. The molecule has 0 spiro atoms. The molecule has 0 saturated carbocycles. The molecule has 1 unspecified atom stereocenters. The van der Waals surface area contributed by atoms with Gasteiger partial charge in [-0.25, -0.2) is 0 Å². The maximum absolute atomic E-state index is 13.1. The van der Waals surface area contributed by atoms with Crippen LogP contribution in [-0.4, -0.2) is 28.9 Å². The first-order chi connectivity index (χ1) is 12.4. The Hall–Kier alpha value is -1.68. The van der Waals surface area contributed by atoms with Crippen molar-refractivity contribution in [2.24, 2.45) is 11.3 Å². The third-order valence-electron chi connectivity index (χ3n) is 5.70. The summed E-state index contributed by atoms with van der Waals surface area (Å²) in [7, 11) is 0. The Kier molecular flexibility index (Phi) is 5.81. The summed E-state index contributed by atoms with van der Waals surface area (Å²) >= 11 is 1.79. The van der Waals surface area contributed by atoms with E-state index in [0.717, 1.165) is 37.9 Å². The van der Waals surface area contributed by atoms with Crippen molar-refractivity contribution in [3.63, 3.8) is 0 Å². The third-order valence-corrected chi connectivity index (χ3v) is 6.75. The van der Waals surface area contributed by atoms with E-state index in [4.69, 9.17) is 0 Å². The summed E-state index contributed by atoms with van der Waals surface area (Å²) in [4.78, 5) is 20.6. The number of aromatic nitrogens is 1. The van der Waals surface area contributed by atoms with Crippen molar-refractivity contribution >= 4 is 17.2 Å². The van der Waals surface area contributed by atoms with E-state index in [-0.39, 0.29) is 5.91 Å². The second-order valence-corrected chi connectivity index (χ2v) is 9.31. The molecule has 0 bridgehead atoms. The van der Waals surface area contributed by atoms with Gasteiger partial charge in [0.2, 0.25) is 0 Å². The zero-order valence-corrected chi connectivity index (χ0v) is 17.2.